The van der Waals surface area contributed by atoms with Gasteiger partial charge in [0.15, 0.2) is 9.84 Å². The summed E-state index contributed by atoms with van der Waals surface area (Å²) in [6, 6.07) is 9.48. The molecule has 0 saturated carbocycles. The molecule has 1 aromatic carbocycles. The van der Waals surface area contributed by atoms with E-state index in [9.17, 15) is 13.2 Å². The van der Waals surface area contributed by atoms with Crippen LogP contribution in [0, 0.1) is 13.8 Å². The summed E-state index contributed by atoms with van der Waals surface area (Å²) in [6.07, 6.45) is 0.551. The van der Waals surface area contributed by atoms with Crippen molar-refractivity contribution in [2.24, 2.45) is 0 Å². The molecule has 128 valence electrons. The third-order valence-corrected chi connectivity index (χ3v) is 6.03. The Morgan fingerprint density at radius 2 is 2.00 bits per heavy atom. The Kier molecular flexibility index (Phi) is 4.45. The lowest BCUT2D eigenvalue weighted by Gasteiger charge is -2.10. The summed E-state index contributed by atoms with van der Waals surface area (Å²) in [5.41, 5.74) is 3.32. The summed E-state index contributed by atoms with van der Waals surface area (Å²) in [6.45, 7) is 4.29. The normalized spacial score (nSPS) is 19.3. The molecule has 1 aromatic heterocycles. The van der Waals surface area contributed by atoms with Crippen LogP contribution in [0.5, 0.6) is 0 Å². The molecule has 1 N–H and O–H groups in total. The first-order chi connectivity index (χ1) is 11.3. The molecule has 0 radical (unpaired) electrons. The molecule has 1 fully saturated rings. The number of amides is 1. The zero-order valence-corrected chi connectivity index (χ0v) is 14.6. The molecule has 1 aliphatic rings. The molecule has 1 saturated heterocycles. The van der Waals surface area contributed by atoms with Crippen LogP contribution in [0.2, 0.25) is 0 Å². The van der Waals surface area contributed by atoms with Crippen molar-refractivity contribution in [2.45, 2.75) is 32.9 Å². The molecule has 0 spiro atoms. The SMILES string of the molecule is Cc1ccc(CNC(=O)c2cc(C)n(C3CCS(=O)(=O)C3)n2)cc1. The van der Waals surface area contributed by atoms with E-state index in [0.717, 1.165) is 11.3 Å². The highest BCUT2D eigenvalue weighted by Gasteiger charge is 2.31. The number of hydrogen-bond donors (Lipinski definition) is 1. The van der Waals surface area contributed by atoms with Gasteiger partial charge in [0.2, 0.25) is 0 Å². The highest BCUT2D eigenvalue weighted by Crippen LogP contribution is 2.24. The Bertz CT molecular complexity index is 854. The van der Waals surface area contributed by atoms with Gasteiger partial charge in [0.1, 0.15) is 5.69 Å². The number of nitrogens with zero attached hydrogens (tertiary/aromatic N) is 2. The first-order valence-corrected chi connectivity index (χ1v) is 9.76. The van der Waals surface area contributed by atoms with Gasteiger partial charge in [-0.05, 0) is 31.9 Å². The van der Waals surface area contributed by atoms with Crippen LogP contribution < -0.4 is 5.32 Å². The minimum atomic E-state index is -2.98. The van der Waals surface area contributed by atoms with E-state index in [2.05, 4.69) is 10.4 Å². The van der Waals surface area contributed by atoms with E-state index in [0.29, 0.717) is 18.7 Å². The number of sulfone groups is 1. The summed E-state index contributed by atoms with van der Waals surface area (Å²) < 4.78 is 24.9. The van der Waals surface area contributed by atoms with Crippen LogP contribution in [0.3, 0.4) is 0 Å². The second kappa shape index (κ2) is 6.39. The zero-order chi connectivity index (χ0) is 17.3. The number of benzene rings is 1. The van der Waals surface area contributed by atoms with Crippen molar-refractivity contribution in [3.63, 3.8) is 0 Å². The van der Waals surface area contributed by atoms with Crippen LogP contribution in [-0.2, 0) is 16.4 Å². The molecule has 0 bridgehead atoms. The number of aromatic nitrogens is 2. The summed E-state index contributed by atoms with van der Waals surface area (Å²) in [4.78, 5) is 12.3. The van der Waals surface area contributed by atoms with E-state index < -0.39 is 9.84 Å². The Morgan fingerprint density at radius 1 is 1.29 bits per heavy atom. The summed E-state index contributed by atoms with van der Waals surface area (Å²) >= 11 is 0. The average molecular weight is 347 g/mol. The van der Waals surface area contributed by atoms with Crippen LogP contribution in [0.1, 0.15) is 39.8 Å². The van der Waals surface area contributed by atoms with Gasteiger partial charge in [0, 0.05) is 12.2 Å². The maximum atomic E-state index is 12.3. The first-order valence-electron chi connectivity index (χ1n) is 7.94. The van der Waals surface area contributed by atoms with E-state index in [-0.39, 0.29) is 23.5 Å². The number of carbonyl (C=O) groups is 1. The minimum Gasteiger partial charge on any atom is -0.347 e. The van der Waals surface area contributed by atoms with Gasteiger partial charge in [-0.3, -0.25) is 9.48 Å². The second-order valence-electron chi connectivity index (χ2n) is 6.34. The first kappa shape index (κ1) is 16.7. The summed E-state index contributed by atoms with van der Waals surface area (Å²) in [5.74, 6) is 0.0320. The maximum absolute atomic E-state index is 12.3. The van der Waals surface area contributed by atoms with E-state index in [4.69, 9.17) is 0 Å². The average Bonchev–Trinajstić information content (AvgIpc) is 3.09. The lowest BCUT2D eigenvalue weighted by molar-refractivity contribution is 0.0945. The van der Waals surface area contributed by atoms with Crippen LogP contribution in [0.25, 0.3) is 0 Å². The second-order valence-corrected chi connectivity index (χ2v) is 8.57. The predicted octanol–water partition coefficient (Wildman–Crippen LogP) is 1.79. The zero-order valence-electron chi connectivity index (χ0n) is 13.8. The number of hydrogen-bond acceptors (Lipinski definition) is 4. The smallest absolute Gasteiger partial charge is 0.272 e. The van der Waals surface area contributed by atoms with E-state index >= 15 is 0 Å². The number of rotatable bonds is 4. The van der Waals surface area contributed by atoms with E-state index in [1.807, 2.05) is 38.1 Å². The molecular weight excluding hydrogens is 326 g/mol. The fraction of sp³-hybridized carbons (Fsp3) is 0.412. The van der Waals surface area contributed by atoms with Crippen molar-refractivity contribution < 1.29 is 13.2 Å². The third kappa shape index (κ3) is 3.67. The van der Waals surface area contributed by atoms with Crippen molar-refractivity contribution in [3.05, 3.63) is 52.8 Å². The van der Waals surface area contributed by atoms with Gasteiger partial charge in [-0.1, -0.05) is 29.8 Å². The summed E-state index contributed by atoms with van der Waals surface area (Å²) in [7, 11) is -2.98. The highest BCUT2D eigenvalue weighted by molar-refractivity contribution is 7.91. The van der Waals surface area contributed by atoms with Gasteiger partial charge in [-0.15, -0.1) is 0 Å². The van der Waals surface area contributed by atoms with Crippen molar-refractivity contribution in [1.82, 2.24) is 15.1 Å². The lowest BCUT2D eigenvalue weighted by Crippen LogP contribution is -2.24. The monoisotopic (exact) mass is 347 g/mol. The molecule has 1 amide bonds. The summed E-state index contributed by atoms with van der Waals surface area (Å²) in [5, 5.41) is 7.17. The van der Waals surface area contributed by atoms with Gasteiger partial charge in [-0.2, -0.15) is 5.10 Å². The van der Waals surface area contributed by atoms with Crippen LogP contribution in [-0.4, -0.2) is 35.6 Å². The van der Waals surface area contributed by atoms with Crippen molar-refractivity contribution in [3.8, 4) is 0 Å². The number of carbonyl (C=O) groups excluding carboxylic acids is 1. The fourth-order valence-electron chi connectivity index (χ4n) is 2.92. The molecular formula is C17H21N3O3S. The fourth-order valence-corrected chi connectivity index (χ4v) is 4.61. The van der Waals surface area contributed by atoms with Gasteiger partial charge in [-0.25, -0.2) is 8.42 Å². The molecule has 1 unspecified atom stereocenters. The van der Waals surface area contributed by atoms with Crippen molar-refractivity contribution in [2.75, 3.05) is 11.5 Å². The lowest BCUT2D eigenvalue weighted by atomic mass is 10.1. The maximum Gasteiger partial charge on any atom is 0.272 e. The Morgan fingerprint density at radius 3 is 2.62 bits per heavy atom. The molecule has 1 aliphatic heterocycles. The molecule has 0 aliphatic carbocycles. The van der Waals surface area contributed by atoms with Gasteiger partial charge in [0.25, 0.3) is 5.91 Å². The van der Waals surface area contributed by atoms with Gasteiger partial charge < -0.3 is 5.32 Å². The minimum absolute atomic E-state index is 0.0972. The quantitative estimate of drug-likeness (QED) is 0.914. The van der Waals surface area contributed by atoms with Gasteiger partial charge >= 0.3 is 0 Å². The van der Waals surface area contributed by atoms with Crippen LogP contribution in [0.15, 0.2) is 30.3 Å². The van der Waals surface area contributed by atoms with Gasteiger partial charge in [0.05, 0.1) is 17.5 Å². The highest BCUT2D eigenvalue weighted by atomic mass is 32.2. The molecule has 6 nitrogen and oxygen atoms in total. The Balaban J connectivity index is 1.67. The van der Waals surface area contributed by atoms with Crippen LogP contribution in [0.4, 0.5) is 0 Å². The van der Waals surface area contributed by atoms with E-state index in [1.165, 1.54) is 5.56 Å². The standard InChI is InChI=1S/C17H21N3O3S/c1-12-3-5-14(6-4-12)10-18-17(21)16-9-13(2)20(19-16)15-7-8-24(22,23)11-15/h3-6,9,15H,7-8,10-11H2,1-2H3,(H,18,21). The number of nitrogens with one attached hydrogen (secondary N) is 1. The third-order valence-electron chi connectivity index (χ3n) is 4.28. The molecule has 3 rings (SSSR count). The largest absolute Gasteiger partial charge is 0.347 e. The molecule has 2 aromatic rings. The predicted molar refractivity (Wildman–Crippen MR) is 91.6 cm³/mol. The Labute approximate surface area is 141 Å². The molecule has 7 heteroatoms. The topological polar surface area (TPSA) is 81.1 Å². The number of aryl methyl sites for hydroxylation is 2. The van der Waals surface area contributed by atoms with Crippen molar-refractivity contribution >= 4 is 15.7 Å². The molecule has 2 heterocycles. The van der Waals surface area contributed by atoms with Crippen LogP contribution >= 0.6 is 0 Å². The van der Waals surface area contributed by atoms with Crippen molar-refractivity contribution in [1.29, 1.82) is 0 Å². The Hall–Kier alpha value is -2.15. The van der Waals surface area contributed by atoms with E-state index in [1.54, 1.807) is 10.7 Å². The molecule has 24 heavy (non-hydrogen) atoms. The molecule has 1 atom stereocenters.